The van der Waals surface area contributed by atoms with E-state index in [0.29, 0.717) is 6.04 Å². The lowest BCUT2D eigenvalue weighted by molar-refractivity contribution is -0.124. The van der Waals surface area contributed by atoms with E-state index in [9.17, 15) is 4.79 Å². The van der Waals surface area contributed by atoms with Crippen LogP contribution in [0.3, 0.4) is 0 Å². The highest BCUT2D eigenvalue weighted by Gasteiger charge is 2.25. The minimum Gasteiger partial charge on any atom is -0.352 e. The van der Waals surface area contributed by atoms with Crippen LogP contribution in [-0.4, -0.2) is 24.5 Å². The molecule has 0 aromatic carbocycles. The number of nitrogens with one attached hydrogen (secondary N) is 2. The highest BCUT2D eigenvalue weighted by atomic mass is 16.2. The molecule has 1 atom stereocenters. The summed E-state index contributed by atoms with van der Waals surface area (Å²) in [5, 5.41) is 6.58. The third kappa shape index (κ3) is 3.98. The Morgan fingerprint density at radius 3 is 2.56 bits per heavy atom. The van der Waals surface area contributed by atoms with Crippen molar-refractivity contribution in [1.29, 1.82) is 0 Å². The van der Waals surface area contributed by atoms with Gasteiger partial charge >= 0.3 is 0 Å². The molecule has 1 aliphatic carbocycles. The van der Waals surface area contributed by atoms with Crippen molar-refractivity contribution in [2.45, 2.75) is 76.8 Å². The van der Waals surface area contributed by atoms with E-state index in [1.165, 1.54) is 51.4 Å². The average Bonchev–Trinajstić information content (AvgIpc) is 2.42. The molecule has 2 aliphatic rings. The standard InChI is InChI=1S/C15H28N2O/c1-2-5-12-7-9-13(10-8-12)17-15(18)14-6-3-4-11-16-14/h12-14,16H,2-11H2,1H3,(H,17,18). The summed E-state index contributed by atoms with van der Waals surface area (Å²) < 4.78 is 0. The molecule has 0 aromatic heterocycles. The predicted molar refractivity (Wildman–Crippen MR) is 74.4 cm³/mol. The second kappa shape index (κ2) is 7.13. The Kier molecular flexibility index (Phi) is 5.48. The number of hydrogen-bond acceptors (Lipinski definition) is 2. The molecule has 2 fully saturated rings. The van der Waals surface area contributed by atoms with Crippen molar-refractivity contribution in [3.63, 3.8) is 0 Å². The molecule has 0 radical (unpaired) electrons. The van der Waals surface area contributed by atoms with Gasteiger partial charge in [0, 0.05) is 6.04 Å². The van der Waals surface area contributed by atoms with Crippen molar-refractivity contribution in [1.82, 2.24) is 10.6 Å². The number of carbonyl (C=O) groups excluding carboxylic acids is 1. The number of piperidine rings is 1. The zero-order chi connectivity index (χ0) is 12.8. The third-order valence-electron chi connectivity index (χ3n) is 4.52. The fraction of sp³-hybridized carbons (Fsp3) is 0.933. The van der Waals surface area contributed by atoms with E-state index in [-0.39, 0.29) is 11.9 Å². The lowest BCUT2D eigenvalue weighted by atomic mass is 9.83. The van der Waals surface area contributed by atoms with Crippen LogP contribution in [0.5, 0.6) is 0 Å². The monoisotopic (exact) mass is 252 g/mol. The van der Waals surface area contributed by atoms with E-state index in [1.807, 2.05) is 0 Å². The van der Waals surface area contributed by atoms with Gasteiger partial charge in [0.2, 0.25) is 5.91 Å². The molecule has 1 aliphatic heterocycles. The zero-order valence-corrected chi connectivity index (χ0v) is 11.7. The molecule has 3 heteroatoms. The van der Waals surface area contributed by atoms with Crippen molar-refractivity contribution in [2.75, 3.05) is 6.54 Å². The van der Waals surface area contributed by atoms with Gasteiger partial charge in [0.15, 0.2) is 0 Å². The van der Waals surface area contributed by atoms with Gasteiger partial charge in [-0.15, -0.1) is 0 Å². The van der Waals surface area contributed by atoms with Crippen LogP contribution in [0.2, 0.25) is 0 Å². The molecule has 1 heterocycles. The Hall–Kier alpha value is -0.570. The van der Waals surface area contributed by atoms with Crippen LogP contribution in [0.4, 0.5) is 0 Å². The summed E-state index contributed by atoms with van der Waals surface area (Å²) in [6, 6.07) is 0.515. The fourth-order valence-corrected chi connectivity index (χ4v) is 3.38. The first-order chi connectivity index (χ1) is 8.79. The number of amides is 1. The lowest BCUT2D eigenvalue weighted by Gasteiger charge is -2.31. The van der Waals surface area contributed by atoms with Gasteiger partial charge in [-0.2, -0.15) is 0 Å². The van der Waals surface area contributed by atoms with E-state index in [4.69, 9.17) is 0 Å². The molecule has 104 valence electrons. The minimum absolute atomic E-state index is 0.0760. The summed E-state index contributed by atoms with van der Waals surface area (Å²) in [4.78, 5) is 12.1. The summed E-state index contributed by atoms with van der Waals surface area (Å²) >= 11 is 0. The molecule has 2 rings (SSSR count). The van der Waals surface area contributed by atoms with Crippen LogP contribution in [0.25, 0.3) is 0 Å². The normalized spacial score (nSPS) is 33.1. The van der Waals surface area contributed by atoms with Gasteiger partial charge in [-0.3, -0.25) is 4.79 Å². The van der Waals surface area contributed by atoms with E-state index >= 15 is 0 Å². The van der Waals surface area contributed by atoms with Gasteiger partial charge in [0.05, 0.1) is 6.04 Å². The Balaban J connectivity index is 1.68. The highest BCUT2D eigenvalue weighted by molar-refractivity contribution is 5.82. The maximum Gasteiger partial charge on any atom is 0.237 e. The van der Waals surface area contributed by atoms with E-state index in [1.54, 1.807) is 0 Å². The third-order valence-corrected chi connectivity index (χ3v) is 4.52. The SMILES string of the molecule is CCCC1CCC(NC(=O)C2CCCCN2)CC1. The maximum atomic E-state index is 12.1. The molecular formula is C15H28N2O. The summed E-state index contributed by atoms with van der Waals surface area (Å²) in [7, 11) is 0. The zero-order valence-electron chi connectivity index (χ0n) is 11.7. The molecule has 0 bridgehead atoms. The lowest BCUT2D eigenvalue weighted by Crippen LogP contribution is -2.50. The van der Waals surface area contributed by atoms with E-state index in [0.717, 1.165) is 18.9 Å². The summed E-state index contributed by atoms with van der Waals surface area (Å²) in [6.07, 6.45) is 11.1. The van der Waals surface area contributed by atoms with E-state index < -0.39 is 0 Å². The Morgan fingerprint density at radius 2 is 1.94 bits per heavy atom. The van der Waals surface area contributed by atoms with Crippen LogP contribution < -0.4 is 10.6 Å². The largest absolute Gasteiger partial charge is 0.352 e. The molecule has 1 unspecified atom stereocenters. The van der Waals surface area contributed by atoms with Gasteiger partial charge < -0.3 is 10.6 Å². The molecular weight excluding hydrogens is 224 g/mol. The van der Waals surface area contributed by atoms with Crippen molar-refractivity contribution in [3.05, 3.63) is 0 Å². The Morgan fingerprint density at radius 1 is 1.17 bits per heavy atom. The second-order valence-electron chi connectivity index (χ2n) is 6.02. The predicted octanol–water partition coefficient (Wildman–Crippen LogP) is 2.60. The highest BCUT2D eigenvalue weighted by Crippen LogP contribution is 2.27. The van der Waals surface area contributed by atoms with Crippen LogP contribution in [0, 0.1) is 5.92 Å². The first kappa shape index (κ1) is 13.9. The molecule has 1 saturated carbocycles. The topological polar surface area (TPSA) is 41.1 Å². The number of rotatable bonds is 4. The van der Waals surface area contributed by atoms with Crippen molar-refractivity contribution < 1.29 is 4.79 Å². The van der Waals surface area contributed by atoms with Gasteiger partial charge in [0.25, 0.3) is 0 Å². The molecule has 2 N–H and O–H groups in total. The van der Waals surface area contributed by atoms with Gasteiger partial charge in [0.1, 0.15) is 0 Å². The van der Waals surface area contributed by atoms with Crippen LogP contribution >= 0.6 is 0 Å². The van der Waals surface area contributed by atoms with Gasteiger partial charge in [-0.1, -0.05) is 26.2 Å². The fourth-order valence-electron chi connectivity index (χ4n) is 3.38. The molecule has 0 aromatic rings. The Labute approximate surface area is 111 Å². The molecule has 0 spiro atoms. The molecule has 18 heavy (non-hydrogen) atoms. The Bertz CT molecular complexity index is 253. The second-order valence-corrected chi connectivity index (χ2v) is 6.02. The van der Waals surface area contributed by atoms with Crippen molar-refractivity contribution >= 4 is 5.91 Å². The summed E-state index contributed by atoms with van der Waals surface area (Å²) in [5.74, 6) is 1.16. The first-order valence-corrected chi connectivity index (χ1v) is 7.83. The first-order valence-electron chi connectivity index (χ1n) is 7.83. The molecule has 3 nitrogen and oxygen atoms in total. The minimum atomic E-state index is 0.0760. The quantitative estimate of drug-likeness (QED) is 0.807. The van der Waals surface area contributed by atoms with Crippen molar-refractivity contribution in [2.24, 2.45) is 5.92 Å². The van der Waals surface area contributed by atoms with Crippen LogP contribution in [-0.2, 0) is 4.79 Å². The van der Waals surface area contributed by atoms with Crippen LogP contribution in [0.15, 0.2) is 0 Å². The van der Waals surface area contributed by atoms with Gasteiger partial charge in [-0.05, 0) is 51.0 Å². The van der Waals surface area contributed by atoms with Crippen molar-refractivity contribution in [3.8, 4) is 0 Å². The smallest absolute Gasteiger partial charge is 0.237 e. The summed E-state index contributed by atoms with van der Waals surface area (Å²) in [6.45, 7) is 3.27. The summed E-state index contributed by atoms with van der Waals surface area (Å²) in [5.41, 5.74) is 0. The maximum absolute atomic E-state index is 12.1. The average molecular weight is 252 g/mol. The van der Waals surface area contributed by atoms with E-state index in [2.05, 4.69) is 17.6 Å². The molecule has 1 amide bonds. The van der Waals surface area contributed by atoms with Gasteiger partial charge in [-0.25, -0.2) is 0 Å². The number of hydrogen-bond donors (Lipinski definition) is 2. The molecule has 1 saturated heterocycles. The van der Waals surface area contributed by atoms with Crippen LogP contribution in [0.1, 0.15) is 64.7 Å². The number of carbonyl (C=O) groups is 1.